The van der Waals surface area contributed by atoms with Crippen LogP contribution in [0.25, 0.3) is 16.6 Å². The molecule has 3 heteroatoms. The van der Waals surface area contributed by atoms with Crippen LogP contribution < -0.4 is 5.56 Å². The van der Waals surface area contributed by atoms with Crippen molar-refractivity contribution in [3.63, 3.8) is 0 Å². The summed E-state index contributed by atoms with van der Waals surface area (Å²) in [5, 5.41) is 0.663. The molecule has 0 amide bonds. The highest BCUT2D eigenvalue weighted by molar-refractivity contribution is 5.77. The lowest BCUT2D eigenvalue weighted by molar-refractivity contribution is 0.774. The summed E-state index contributed by atoms with van der Waals surface area (Å²) in [6.07, 6.45) is 1.74. The SMILES string of the molecule is CCCc1nc2ccccc2c(=O)n1-c1ccccc1. The summed E-state index contributed by atoms with van der Waals surface area (Å²) >= 11 is 0. The van der Waals surface area contributed by atoms with Crippen LogP contribution in [0.3, 0.4) is 0 Å². The van der Waals surface area contributed by atoms with Gasteiger partial charge in [0.05, 0.1) is 16.6 Å². The molecule has 0 saturated heterocycles. The summed E-state index contributed by atoms with van der Waals surface area (Å²) in [5.74, 6) is 0.822. The van der Waals surface area contributed by atoms with Crippen molar-refractivity contribution in [2.24, 2.45) is 0 Å². The van der Waals surface area contributed by atoms with Crippen LogP contribution in [-0.2, 0) is 6.42 Å². The largest absolute Gasteiger partial charge is 0.268 e. The minimum Gasteiger partial charge on any atom is -0.268 e. The molecular weight excluding hydrogens is 248 g/mol. The zero-order chi connectivity index (χ0) is 13.9. The van der Waals surface area contributed by atoms with Gasteiger partial charge < -0.3 is 0 Å². The van der Waals surface area contributed by atoms with Crippen molar-refractivity contribution < 1.29 is 0 Å². The summed E-state index contributed by atoms with van der Waals surface area (Å²) in [4.78, 5) is 17.4. The van der Waals surface area contributed by atoms with Crippen LogP contribution in [0.2, 0.25) is 0 Å². The molecule has 1 aromatic heterocycles. The first-order chi connectivity index (χ1) is 9.81. The highest BCUT2D eigenvalue weighted by Crippen LogP contribution is 2.13. The minimum atomic E-state index is 0.00486. The van der Waals surface area contributed by atoms with Gasteiger partial charge in [-0.15, -0.1) is 0 Å². The number of aromatic nitrogens is 2. The van der Waals surface area contributed by atoms with E-state index in [0.29, 0.717) is 5.39 Å². The van der Waals surface area contributed by atoms with Gasteiger partial charge >= 0.3 is 0 Å². The molecule has 0 aliphatic rings. The minimum absolute atomic E-state index is 0.00486. The van der Waals surface area contributed by atoms with E-state index in [1.54, 1.807) is 4.57 Å². The van der Waals surface area contributed by atoms with E-state index in [1.165, 1.54) is 0 Å². The summed E-state index contributed by atoms with van der Waals surface area (Å²) in [7, 11) is 0. The lowest BCUT2D eigenvalue weighted by Crippen LogP contribution is -2.23. The van der Waals surface area contributed by atoms with Crippen LogP contribution in [0.1, 0.15) is 19.2 Å². The fourth-order valence-electron chi connectivity index (χ4n) is 2.41. The van der Waals surface area contributed by atoms with Gasteiger partial charge in [0.2, 0.25) is 0 Å². The first-order valence-electron chi connectivity index (χ1n) is 6.87. The second-order valence-corrected chi connectivity index (χ2v) is 4.77. The molecule has 100 valence electrons. The molecule has 0 radical (unpaired) electrons. The highest BCUT2D eigenvalue weighted by atomic mass is 16.1. The van der Waals surface area contributed by atoms with Gasteiger partial charge in [-0.3, -0.25) is 9.36 Å². The van der Waals surface area contributed by atoms with Gasteiger partial charge in [0.1, 0.15) is 5.82 Å². The molecule has 0 aliphatic heterocycles. The third-order valence-corrected chi connectivity index (χ3v) is 3.33. The van der Waals surface area contributed by atoms with E-state index in [0.717, 1.165) is 29.9 Å². The molecule has 0 fully saturated rings. The zero-order valence-corrected chi connectivity index (χ0v) is 11.4. The van der Waals surface area contributed by atoms with E-state index in [1.807, 2.05) is 54.6 Å². The topological polar surface area (TPSA) is 34.9 Å². The summed E-state index contributed by atoms with van der Waals surface area (Å²) in [6.45, 7) is 2.09. The Hall–Kier alpha value is -2.42. The molecule has 2 aromatic carbocycles. The first-order valence-corrected chi connectivity index (χ1v) is 6.87. The highest BCUT2D eigenvalue weighted by Gasteiger charge is 2.11. The number of aryl methyl sites for hydroxylation is 1. The number of nitrogens with zero attached hydrogens (tertiary/aromatic N) is 2. The molecule has 3 rings (SSSR count). The molecule has 20 heavy (non-hydrogen) atoms. The van der Waals surface area contributed by atoms with Crippen LogP contribution in [-0.4, -0.2) is 9.55 Å². The smallest absolute Gasteiger partial charge is 0.265 e. The Morgan fingerprint density at radius 1 is 1.00 bits per heavy atom. The van der Waals surface area contributed by atoms with Crippen LogP contribution in [0, 0.1) is 0 Å². The van der Waals surface area contributed by atoms with Crippen molar-refractivity contribution in [3.05, 3.63) is 70.8 Å². The summed E-state index contributed by atoms with van der Waals surface area (Å²) in [6, 6.07) is 17.2. The maximum Gasteiger partial charge on any atom is 0.265 e. The van der Waals surface area contributed by atoms with E-state index in [4.69, 9.17) is 0 Å². The molecule has 0 atom stereocenters. The van der Waals surface area contributed by atoms with Crippen LogP contribution in [0.5, 0.6) is 0 Å². The van der Waals surface area contributed by atoms with Gasteiger partial charge in [0.25, 0.3) is 5.56 Å². The molecule has 0 aliphatic carbocycles. The van der Waals surface area contributed by atoms with Crippen LogP contribution in [0.4, 0.5) is 0 Å². The molecule has 0 spiro atoms. The average Bonchev–Trinajstić information content (AvgIpc) is 2.49. The molecular formula is C17H16N2O. The number of fused-ring (bicyclic) bond motifs is 1. The Balaban J connectivity index is 2.36. The maximum atomic E-state index is 12.7. The third-order valence-electron chi connectivity index (χ3n) is 3.33. The lowest BCUT2D eigenvalue weighted by Gasteiger charge is -2.12. The molecule has 0 bridgehead atoms. The third kappa shape index (κ3) is 2.11. The molecule has 0 saturated carbocycles. The van der Waals surface area contributed by atoms with Crippen molar-refractivity contribution in [2.45, 2.75) is 19.8 Å². The van der Waals surface area contributed by atoms with Crippen LogP contribution in [0.15, 0.2) is 59.4 Å². The maximum absolute atomic E-state index is 12.7. The Kier molecular flexibility index (Phi) is 3.33. The second kappa shape index (κ2) is 5.29. The molecule has 0 N–H and O–H groups in total. The van der Waals surface area contributed by atoms with E-state index < -0.39 is 0 Å². The van der Waals surface area contributed by atoms with Gasteiger partial charge in [-0.1, -0.05) is 37.3 Å². The van der Waals surface area contributed by atoms with E-state index in [9.17, 15) is 4.79 Å². The van der Waals surface area contributed by atoms with E-state index in [2.05, 4.69) is 11.9 Å². The number of benzene rings is 2. The predicted octanol–water partition coefficient (Wildman–Crippen LogP) is 3.34. The molecule has 3 aromatic rings. The standard InChI is InChI=1S/C17H16N2O/c1-2-8-16-18-15-12-7-6-11-14(15)17(20)19(16)13-9-4-3-5-10-13/h3-7,9-12H,2,8H2,1H3. The van der Waals surface area contributed by atoms with Crippen molar-refractivity contribution in [3.8, 4) is 5.69 Å². The quantitative estimate of drug-likeness (QED) is 0.727. The lowest BCUT2D eigenvalue weighted by atomic mass is 10.2. The summed E-state index contributed by atoms with van der Waals surface area (Å²) in [5.41, 5.74) is 1.65. The monoisotopic (exact) mass is 264 g/mol. The first kappa shape index (κ1) is 12.6. The number of hydrogen-bond acceptors (Lipinski definition) is 2. The summed E-state index contributed by atoms with van der Waals surface area (Å²) < 4.78 is 1.73. The van der Waals surface area contributed by atoms with Gasteiger partial charge in [-0.05, 0) is 30.7 Å². The molecule has 3 nitrogen and oxygen atoms in total. The van der Waals surface area contributed by atoms with E-state index in [-0.39, 0.29) is 5.56 Å². The van der Waals surface area contributed by atoms with Gasteiger partial charge in [-0.25, -0.2) is 4.98 Å². The second-order valence-electron chi connectivity index (χ2n) is 4.77. The molecule has 1 heterocycles. The Morgan fingerprint density at radius 2 is 1.70 bits per heavy atom. The Bertz CT molecular complexity index is 791. The fourth-order valence-corrected chi connectivity index (χ4v) is 2.41. The zero-order valence-electron chi connectivity index (χ0n) is 11.4. The number of rotatable bonds is 3. The van der Waals surface area contributed by atoms with Crippen LogP contribution >= 0.6 is 0 Å². The Morgan fingerprint density at radius 3 is 2.45 bits per heavy atom. The average molecular weight is 264 g/mol. The van der Waals surface area contributed by atoms with Crippen molar-refractivity contribution >= 4 is 10.9 Å². The van der Waals surface area contributed by atoms with Crippen molar-refractivity contribution in [1.29, 1.82) is 0 Å². The number of para-hydroxylation sites is 2. The van der Waals surface area contributed by atoms with Gasteiger partial charge in [0, 0.05) is 6.42 Å². The van der Waals surface area contributed by atoms with Crippen molar-refractivity contribution in [1.82, 2.24) is 9.55 Å². The van der Waals surface area contributed by atoms with E-state index >= 15 is 0 Å². The normalized spacial score (nSPS) is 10.8. The van der Waals surface area contributed by atoms with Crippen molar-refractivity contribution in [2.75, 3.05) is 0 Å². The predicted molar refractivity (Wildman–Crippen MR) is 81.3 cm³/mol. The Labute approximate surface area is 117 Å². The van der Waals surface area contributed by atoms with Gasteiger partial charge in [0.15, 0.2) is 0 Å². The fraction of sp³-hybridized carbons (Fsp3) is 0.176. The number of hydrogen-bond donors (Lipinski definition) is 0. The van der Waals surface area contributed by atoms with Gasteiger partial charge in [-0.2, -0.15) is 0 Å². The molecule has 0 unspecified atom stereocenters.